The molecule has 19 heavy (non-hydrogen) atoms. The van der Waals surface area contributed by atoms with Gasteiger partial charge in [0, 0.05) is 11.6 Å². The van der Waals surface area contributed by atoms with E-state index in [1.807, 2.05) is 45.0 Å². The molecule has 100 valence electrons. The molecule has 0 bridgehead atoms. The van der Waals surface area contributed by atoms with Gasteiger partial charge in [-0.3, -0.25) is 9.36 Å². The third-order valence-corrected chi connectivity index (χ3v) is 3.42. The van der Waals surface area contributed by atoms with Gasteiger partial charge in [-0.1, -0.05) is 36.8 Å². The summed E-state index contributed by atoms with van der Waals surface area (Å²) in [5.41, 5.74) is 3.71. The smallest absolute Gasteiger partial charge is 0.257 e. The summed E-state index contributed by atoms with van der Waals surface area (Å²) in [6, 6.07) is 9.63. The number of rotatable bonds is 3. The number of nitrogens with zero attached hydrogens (tertiary/aromatic N) is 1. The highest BCUT2D eigenvalue weighted by Gasteiger charge is 2.10. The first-order valence-electron chi connectivity index (χ1n) is 6.50. The molecule has 0 unspecified atom stereocenters. The first-order chi connectivity index (χ1) is 9.02. The molecule has 0 amide bonds. The molecule has 0 saturated heterocycles. The van der Waals surface area contributed by atoms with Crippen LogP contribution in [0.1, 0.15) is 29.2 Å². The van der Waals surface area contributed by atoms with Gasteiger partial charge in [0.1, 0.15) is 0 Å². The zero-order chi connectivity index (χ0) is 14.0. The fourth-order valence-electron chi connectivity index (χ4n) is 2.25. The highest BCUT2D eigenvalue weighted by Crippen LogP contribution is 2.15. The molecule has 3 heteroatoms. The van der Waals surface area contributed by atoms with Crippen molar-refractivity contribution < 1.29 is 5.11 Å². The molecular formula is C16H19NO2. The third kappa shape index (κ3) is 2.70. The van der Waals surface area contributed by atoms with Crippen LogP contribution in [0.15, 0.2) is 35.1 Å². The van der Waals surface area contributed by atoms with Crippen LogP contribution in [-0.2, 0) is 13.0 Å². The van der Waals surface area contributed by atoms with E-state index in [1.165, 1.54) is 10.1 Å². The second kappa shape index (κ2) is 5.31. The molecule has 2 rings (SSSR count). The van der Waals surface area contributed by atoms with Crippen molar-refractivity contribution in [2.75, 3.05) is 0 Å². The lowest BCUT2D eigenvalue weighted by atomic mass is 10.1. The maximum atomic E-state index is 12.3. The van der Waals surface area contributed by atoms with Gasteiger partial charge in [-0.05, 0) is 31.4 Å². The van der Waals surface area contributed by atoms with Crippen molar-refractivity contribution in [3.63, 3.8) is 0 Å². The Kier molecular flexibility index (Phi) is 3.74. The number of aryl methyl sites for hydroxylation is 2. The maximum absolute atomic E-state index is 12.3. The van der Waals surface area contributed by atoms with Gasteiger partial charge in [-0.2, -0.15) is 0 Å². The molecule has 0 aliphatic heterocycles. The van der Waals surface area contributed by atoms with Crippen LogP contribution >= 0.6 is 0 Å². The Morgan fingerprint density at radius 3 is 2.37 bits per heavy atom. The van der Waals surface area contributed by atoms with Gasteiger partial charge < -0.3 is 5.11 Å². The lowest BCUT2D eigenvalue weighted by Crippen LogP contribution is -2.25. The quantitative estimate of drug-likeness (QED) is 0.918. The average Bonchev–Trinajstić information content (AvgIpc) is 2.37. The van der Waals surface area contributed by atoms with Crippen LogP contribution in [0.3, 0.4) is 0 Å². The Bertz CT molecular complexity index is 639. The van der Waals surface area contributed by atoms with Crippen LogP contribution < -0.4 is 5.56 Å². The van der Waals surface area contributed by atoms with E-state index >= 15 is 0 Å². The standard InChI is InChI=1S/C16H19NO2/c1-4-14-12(3)9-15(18)17(16(14)19)10-13-7-5-11(2)6-8-13/h5-9,18H,4,10H2,1-3H3. The van der Waals surface area contributed by atoms with Crippen molar-refractivity contribution in [1.82, 2.24) is 4.57 Å². The van der Waals surface area contributed by atoms with Crippen molar-refractivity contribution in [1.29, 1.82) is 0 Å². The number of hydrogen-bond donors (Lipinski definition) is 1. The van der Waals surface area contributed by atoms with Crippen LogP contribution in [0.4, 0.5) is 0 Å². The fourth-order valence-corrected chi connectivity index (χ4v) is 2.25. The fraction of sp³-hybridized carbons (Fsp3) is 0.312. The van der Waals surface area contributed by atoms with Crippen LogP contribution in [0.25, 0.3) is 0 Å². The first-order valence-corrected chi connectivity index (χ1v) is 6.50. The molecule has 1 N–H and O–H groups in total. The number of pyridine rings is 1. The first kappa shape index (κ1) is 13.4. The minimum atomic E-state index is -0.0967. The van der Waals surface area contributed by atoms with Crippen molar-refractivity contribution in [3.05, 3.63) is 62.9 Å². The van der Waals surface area contributed by atoms with E-state index < -0.39 is 0 Å². The molecule has 0 radical (unpaired) electrons. The minimum absolute atomic E-state index is 0.0280. The van der Waals surface area contributed by atoms with Crippen LogP contribution in [0.5, 0.6) is 5.88 Å². The summed E-state index contributed by atoms with van der Waals surface area (Å²) >= 11 is 0. The van der Waals surface area contributed by atoms with Gasteiger partial charge in [0.25, 0.3) is 5.56 Å². The monoisotopic (exact) mass is 257 g/mol. The average molecular weight is 257 g/mol. The molecule has 1 heterocycles. The predicted octanol–water partition coefficient (Wildman–Crippen LogP) is 2.78. The topological polar surface area (TPSA) is 42.2 Å². The molecule has 0 aliphatic rings. The summed E-state index contributed by atoms with van der Waals surface area (Å²) in [4.78, 5) is 12.3. The minimum Gasteiger partial charge on any atom is -0.494 e. The summed E-state index contributed by atoms with van der Waals surface area (Å²) in [7, 11) is 0. The van der Waals surface area contributed by atoms with Gasteiger partial charge in [0.15, 0.2) is 5.88 Å². The zero-order valence-electron chi connectivity index (χ0n) is 11.6. The van der Waals surface area contributed by atoms with E-state index in [1.54, 1.807) is 6.07 Å². The van der Waals surface area contributed by atoms with Gasteiger partial charge >= 0.3 is 0 Å². The lowest BCUT2D eigenvalue weighted by molar-refractivity contribution is 0.413. The summed E-state index contributed by atoms with van der Waals surface area (Å²) < 4.78 is 1.43. The Morgan fingerprint density at radius 2 is 1.79 bits per heavy atom. The van der Waals surface area contributed by atoms with E-state index in [4.69, 9.17) is 0 Å². The summed E-state index contributed by atoms with van der Waals surface area (Å²) in [6.45, 7) is 6.24. The van der Waals surface area contributed by atoms with E-state index in [0.29, 0.717) is 13.0 Å². The third-order valence-electron chi connectivity index (χ3n) is 3.42. The van der Waals surface area contributed by atoms with E-state index in [2.05, 4.69) is 0 Å². The highest BCUT2D eigenvalue weighted by atomic mass is 16.3. The Labute approximate surface area is 113 Å². The molecule has 0 spiro atoms. The van der Waals surface area contributed by atoms with Crippen LogP contribution in [0.2, 0.25) is 0 Å². The van der Waals surface area contributed by atoms with Crippen molar-refractivity contribution in [3.8, 4) is 5.88 Å². The van der Waals surface area contributed by atoms with E-state index in [0.717, 1.165) is 16.7 Å². The number of benzene rings is 1. The predicted molar refractivity (Wildman–Crippen MR) is 76.8 cm³/mol. The Morgan fingerprint density at radius 1 is 1.16 bits per heavy atom. The molecule has 1 aromatic carbocycles. The largest absolute Gasteiger partial charge is 0.494 e. The zero-order valence-corrected chi connectivity index (χ0v) is 11.6. The molecule has 0 atom stereocenters. The number of aromatic nitrogens is 1. The number of aromatic hydroxyl groups is 1. The SMILES string of the molecule is CCc1c(C)cc(O)n(Cc2ccc(C)cc2)c1=O. The van der Waals surface area contributed by atoms with E-state index in [-0.39, 0.29) is 11.4 Å². The summed E-state index contributed by atoms with van der Waals surface area (Å²) in [5.74, 6) is 0.0280. The Hall–Kier alpha value is -2.03. The lowest BCUT2D eigenvalue weighted by Gasteiger charge is -2.12. The van der Waals surface area contributed by atoms with Gasteiger partial charge in [0.2, 0.25) is 0 Å². The highest BCUT2D eigenvalue weighted by molar-refractivity contribution is 5.30. The van der Waals surface area contributed by atoms with Gasteiger partial charge in [-0.25, -0.2) is 0 Å². The van der Waals surface area contributed by atoms with Crippen LogP contribution in [-0.4, -0.2) is 9.67 Å². The molecular weight excluding hydrogens is 238 g/mol. The molecule has 3 nitrogen and oxygen atoms in total. The molecule has 2 aromatic rings. The van der Waals surface area contributed by atoms with Crippen LogP contribution in [0, 0.1) is 13.8 Å². The van der Waals surface area contributed by atoms with Crippen molar-refractivity contribution in [2.24, 2.45) is 0 Å². The molecule has 0 saturated carbocycles. The van der Waals surface area contributed by atoms with Crippen molar-refractivity contribution in [2.45, 2.75) is 33.7 Å². The number of hydrogen-bond acceptors (Lipinski definition) is 2. The van der Waals surface area contributed by atoms with Gasteiger partial charge in [-0.15, -0.1) is 0 Å². The summed E-state index contributed by atoms with van der Waals surface area (Å²) in [6.07, 6.45) is 0.679. The van der Waals surface area contributed by atoms with E-state index in [9.17, 15) is 9.90 Å². The second-order valence-corrected chi connectivity index (χ2v) is 4.89. The van der Waals surface area contributed by atoms with Gasteiger partial charge in [0.05, 0.1) is 6.54 Å². The summed E-state index contributed by atoms with van der Waals surface area (Å²) in [5, 5.41) is 9.97. The molecule has 0 aliphatic carbocycles. The molecule has 1 aromatic heterocycles. The normalized spacial score (nSPS) is 10.7. The second-order valence-electron chi connectivity index (χ2n) is 4.89. The van der Waals surface area contributed by atoms with Crippen molar-refractivity contribution >= 4 is 0 Å². The molecule has 0 fully saturated rings. The Balaban J connectivity index is 2.45. The maximum Gasteiger partial charge on any atom is 0.257 e.